The second-order valence-corrected chi connectivity index (χ2v) is 7.41. The van der Waals surface area contributed by atoms with E-state index in [1.165, 1.54) is 23.5 Å². The highest BCUT2D eigenvalue weighted by Crippen LogP contribution is 2.33. The molecule has 0 N–H and O–H groups in total. The molecule has 0 amide bonds. The molecule has 1 aromatic heterocycles. The largest absolute Gasteiger partial charge is 0.486 e. The Balaban J connectivity index is 1.22. The molecule has 3 aromatic rings. The van der Waals surface area contributed by atoms with Crippen LogP contribution in [-0.4, -0.2) is 43.4 Å². The second kappa shape index (κ2) is 6.38. The molecule has 2 aliphatic rings. The molecular formula is C19H15FN2O4S. The van der Waals surface area contributed by atoms with E-state index >= 15 is 0 Å². The molecule has 0 unspecified atom stereocenters. The molecule has 0 saturated carbocycles. The van der Waals surface area contributed by atoms with E-state index < -0.39 is 0 Å². The number of hydrogen-bond acceptors (Lipinski definition) is 7. The number of rotatable bonds is 3. The van der Waals surface area contributed by atoms with Gasteiger partial charge in [-0.2, -0.15) is 0 Å². The number of carbonyl (C=O) groups excluding carboxylic acids is 1. The lowest BCUT2D eigenvalue weighted by Gasteiger charge is -2.38. The van der Waals surface area contributed by atoms with Gasteiger partial charge in [-0.1, -0.05) is 11.3 Å². The minimum Gasteiger partial charge on any atom is -0.486 e. The summed E-state index contributed by atoms with van der Waals surface area (Å²) >= 11 is 1.43. The molecule has 2 aliphatic heterocycles. The number of anilines is 1. The zero-order valence-electron chi connectivity index (χ0n) is 14.2. The molecule has 138 valence electrons. The Hall–Kier alpha value is -2.87. The van der Waals surface area contributed by atoms with Crippen molar-refractivity contribution in [3.05, 3.63) is 47.8 Å². The van der Waals surface area contributed by atoms with E-state index in [0.717, 1.165) is 15.3 Å². The molecule has 0 atom stereocenters. The number of ether oxygens (including phenoxy) is 3. The van der Waals surface area contributed by atoms with Crippen molar-refractivity contribution in [2.24, 2.45) is 0 Å². The second-order valence-electron chi connectivity index (χ2n) is 6.40. The number of fused-ring (bicyclic) bond motifs is 2. The Bertz CT molecular complexity index is 1030. The lowest BCUT2D eigenvalue weighted by atomic mass is 10.1. The van der Waals surface area contributed by atoms with E-state index in [4.69, 9.17) is 14.2 Å². The number of benzene rings is 2. The van der Waals surface area contributed by atoms with Crippen molar-refractivity contribution in [2.45, 2.75) is 6.10 Å². The van der Waals surface area contributed by atoms with Gasteiger partial charge in [0.1, 0.15) is 25.1 Å². The monoisotopic (exact) mass is 386 g/mol. The Labute approximate surface area is 158 Å². The van der Waals surface area contributed by atoms with Crippen LogP contribution in [0.25, 0.3) is 10.2 Å². The lowest BCUT2D eigenvalue weighted by molar-refractivity contribution is 0.0233. The number of thiazole rings is 1. The SMILES string of the molecule is O=C(OC1CN(c2nc3ccc(F)cc3s2)C1)c1ccc2c(c1)OCCO2. The Morgan fingerprint density at radius 2 is 1.96 bits per heavy atom. The predicted octanol–water partition coefficient (Wildman–Crippen LogP) is 3.25. The molecule has 1 saturated heterocycles. The summed E-state index contributed by atoms with van der Waals surface area (Å²) in [5.74, 6) is 0.545. The van der Waals surface area contributed by atoms with Gasteiger partial charge < -0.3 is 19.1 Å². The summed E-state index contributed by atoms with van der Waals surface area (Å²) in [7, 11) is 0. The molecule has 3 heterocycles. The normalized spacial score (nSPS) is 16.3. The summed E-state index contributed by atoms with van der Waals surface area (Å²) in [6.45, 7) is 2.11. The highest BCUT2D eigenvalue weighted by Gasteiger charge is 2.32. The van der Waals surface area contributed by atoms with Crippen LogP contribution in [0.15, 0.2) is 36.4 Å². The van der Waals surface area contributed by atoms with Crippen LogP contribution < -0.4 is 14.4 Å². The van der Waals surface area contributed by atoms with Gasteiger partial charge in [-0.3, -0.25) is 0 Å². The fraction of sp³-hybridized carbons (Fsp3) is 0.263. The van der Waals surface area contributed by atoms with E-state index in [1.54, 1.807) is 24.3 Å². The molecule has 6 nitrogen and oxygen atoms in total. The van der Waals surface area contributed by atoms with Gasteiger partial charge in [-0.05, 0) is 36.4 Å². The van der Waals surface area contributed by atoms with Gasteiger partial charge >= 0.3 is 5.97 Å². The van der Waals surface area contributed by atoms with Gasteiger partial charge in [0.05, 0.1) is 28.9 Å². The Morgan fingerprint density at radius 1 is 1.15 bits per heavy atom. The molecular weight excluding hydrogens is 371 g/mol. The van der Waals surface area contributed by atoms with Crippen molar-refractivity contribution < 1.29 is 23.4 Å². The van der Waals surface area contributed by atoms with Crippen molar-refractivity contribution in [3.8, 4) is 11.5 Å². The van der Waals surface area contributed by atoms with E-state index in [2.05, 4.69) is 4.98 Å². The first-order chi connectivity index (χ1) is 13.2. The Kier molecular flexibility index (Phi) is 3.86. The van der Waals surface area contributed by atoms with Crippen LogP contribution in [0.3, 0.4) is 0 Å². The first-order valence-corrected chi connectivity index (χ1v) is 9.39. The van der Waals surface area contributed by atoms with E-state index in [9.17, 15) is 9.18 Å². The van der Waals surface area contributed by atoms with Crippen LogP contribution in [0.1, 0.15) is 10.4 Å². The summed E-state index contributed by atoms with van der Waals surface area (Å²) < 4.78 is 30.6. The molecule has 1 fully saturated rings. The lowest BCUT2D eigenvalue weighted by Crippen LogP contribution is -2.53. The Morgan fingerprint density at radius 3 is 2.81 bits per heavy atom. The molecule has 0 bridgehead atoms. The minimum atomic E-state index is -0.386. The van der Waals surface area contributed by atoms with Crippen LogP contribution >= 0.6 is 11.3 Å². The quantitative estimate of drug-likeness (QED) is 0.644. The third kappa shape index (κ3) is 3.06. The molecule has 5 rings (SSSR count). The summed E-state index contributed by atoms with van der Waals surface area (Å²) in [6.07, 6.45) is -0.200. The standard InChI is InChI=1S/C19H15FN2O4S/c20-12-2-3-14-17(8-12)27-19(21-14)22-9-13(10-22)26-18(23)11-1-4-15-16(7-11)25-6-5-24-15/h1-4,7-8,13H,5-6,9-10H2. The maximum atomic E-state index is 13.3. The van der Waals surface area contributed by atoms with Crippen LogP contribution in [0.5, 0.6) is 11.5 Å². The maximum absolute atomic E-state index is 13.3. The molecule has 27 heavy (non-hydrogen) atoms. The number of carbonyl (C=O) groups is 1. The number of halogens is 1. The van der Waals surface area contributed by atoms with Gasteiger partial charge in [0.25, 0.3) is 0 Å². The number of aromatic nitrogens is 1. The summed E-state index contributed by atoms with van der Waals surface area (Å²) in [5.41, 5.74) is 1.21. The average Bonchev–Trinajstić information content (AvgIpc) is 3.06. The fourth-order valence-corrected chi connectivity index (χ4v) is 4.09. The molecule has 0 radical (unpaired) electrons. The topological polar surface area (TPSA) is 60.9 Å². The van der Waals surface area contributed by atoms with Crippen LogP contribution in [-0.2, 0) is 4.74 Å². The van der Waals surface area contributed by atoms with E-state index in [-0.39, 0.29) is 17.9 Å². The molecule has 8 heteroatoms. The van der Waals surface area contributed by atoms with Gasteiger partial charge in [0, 0.05) is 0 Å². The molecule has 0 spiro atoms. The molecule has 2 aromatic carbocycles. The number of hydrogen-bond donors (Lipinski definition) is 0. The predicted molar refractivity (Wildman–Crippen MR) is 98.4 cm³/mol. The summed E-state index contributed by atoms with van der Waals surface area (Å²) in [5, 5.41) is 0.808. The average molecular weight is 386 g/mol. The minimum absolute atomic E-state index is 0.200. The van der Waals surface area contributed by atoms with Crippen LogP contribution in [0.2, 0.25) is 0 Å². The third-order valence-corrected chi connectivity index (χ3v) is 5.59. The smallest absolute Gasteiger partial charge is 0.338 e. The third-order valence-electron chi connectivity index (χ3n) is 4.51. The van der Waals surface area contributed by atoms with Crippen molar-refractivity contribution in [2.75, 3.05) is 31.2 Å². The zero-order chi connectivity index (χ0) is 18.4. The van der Waals surface area contributed by atoms with Crippen molar-refractivity contribution in [3.63, 3.8) is 0 Å². The van der Waals surface area contributed by atoms with Gasteiger partial charge in [-0.15, -0.1) is 0 Å². The number of esters is 1. The summed E-state index contributed by atoms with van der Waals surface area (Å²) in [4.78, 5) is 18.9. The van der Waals surface area contributed by atoms with E-state index in [0.29, 0.717) is 43.4 Å². The highest BCUT2D eigenvalue weighted by molar-refractivity contribution is 7.22. The van der Waals surface area contributed by atoms with E-state index in [1.807, 2.05) is 4.90 Å². The van der Waals surface area contributed by atoms with Gasteiger partial charge in [-0.25, -0.2) is 14.2 Å². The van der Waals surface area contributed by atoms with Crippen molar-refractivity contribution >= 4 is 32.7 Å². The van der Waals surface area contributed by atoms with Gasteiger partial charge in [0.2, 0.25) is 0 Å². The maximum Gasteiger partial charge on any atom is 0.338 e. The first-order valence-electron chi connectivity index (χ1n) is 8.57. The zero-order valence-corrected chi connectivity index (χ0v) is 15.0. The van der Waals surface area contributed by atoms with Crippen molar-refractivity contribution in [1.82, 2.24) is 4.98 Å². The van der Waals surface area contributed by atoms with Crippen LogP contribution in [0, 0.1) is 5.82 Å². The van der Waals surface area contributed by atoms with Crippen LogP contribution in [0.4, 0.5) is 9.52 Å². The number of nitrogens with zero attached hydrogens (tertiary/aromatic N) is 2. The first kappa shape index (κ1) is 16.3. The van der Waals surface area contributed by atoms with Gasteiger partial charge in [0.15, 0.2) is 16.6 Å². The summed E-state index contributed by atoms with van der Waals surface area (Å²) in [6, 6.07) is 9.60. The van der Waals surface area contributed by atoms with Crippen molar-refractivity contribution in [1.29, 1.82) is 0 Å². The highest BCUT2D eigenvalue weighted by atomic mass is 32.1. The molecule has 0 aliphatic carbocycles. The fourth-order valence-electron chi connectivity index (χ4n) is 3.08.